The van der Waals surface area contributed by atoms with Crippen LogP contribution in [-0.4, -0.2) is 11.0 Å². The molecule has 0 fully saturated rings. The lowest BCUT2D eigenvalue weighted by Gasteiger charge is -2.17. The maximum absolute atomic E-state index is 9.71. The molecular weight excluding hydrogens is 352 g/mol. The van der Waals surface area contributed by atoms with Crippen LogP contribution in [0.25, 0.3) is 11.1 Å². The second kappa shape index (κ2) is 9.43. The third-order valence-corrected chi connectivity index (χ3v) is 5.04. The minimum atomic E-state index is 0.285. The first-order valence-corrected chi connectivity index (χ1v) is 9.99. The number of hydrogen-bond acceptors (Lipinski definition) is 1. The summed E-state index contributed by atoms with van der Waals surface area (Å²) in [5.74, 6) is 0.973. The average Bonchev–Trinajstić information content (AvgIpc) is 2.72. The highest BCUT2D eigenvalue weighted by atomic mass is 35.5. The number of rotatable bonds is 7. The van der Waals surface area contributed by atoms with E-state index in [-0.39, 0.29) is 5.75 Å². The van der Waals surface area contributed by atoms with Crippen LogP contribution < -0.4 is 0 Å². The van der Waals surface area contributed by atoms with E-state index in [9.17, 15) is 5.11 Å². The molecule has 138 valence electrons. The Balaban J connectivity index is 2.13. The quantitative estimate of drug-likeness (QED) is 0.350. The first-order chi connectivity index (χ1) is 13.2. The monoisotopic (exact) mass is 376 g/mol. The number of hydrogen-bond donors (Lipinski definition) is 1. The predicted molar refractivity (Wildman–Crippen MR) is 116 cm³/mol. The van der Waals surface area contributed by atoms with Crippen LogP contribution in [0.1, 0.15) is 42.0 Å². The van der Waals surface area contributed by atoms with Gasteiger partial charge in [-0.05, 0) is 64.8 Å². The second-order valence-corrected chi connectivity index (χ2v) is 6.99. The molecule has 3 aromatic rings. The summed E-state index contributed by atoms with van der Waals surface area (Å²) in [4.78, 5) is 0. The molecule has 0 aliphatic heterocycles. The standard InChI is InChI=1S/C25H25ClO/c1-2-24(20-8-4-3-5-9-20)25(22-14-16-23(27)17-15-22)21-12-10-19(11-13-21)7-6-18-26/h3-5,8-17,27H,2,6-7,18H2,1H3/b25-24+. The second-order valence-electron chi connectivity index (χ2n) is 6.61. The molecular formula is C25H25ClO. The van der Waals surface area contributed by atoms with Crippen LogP contribution in [-0.2, 0) is 6.42 Å². The number of phenols is 1. The molecule has 0 aromatic heterocycles. The molecule has 0 amide bonds. The zero-order valence-electron chi connectivity index (χ0n) is 15.7. The molecule has 0 saturated heterocycles. The van der Waals surface area contributed by atoms with E-state index < -0.39 is 0 Å². The van der Waals surface area contributed by atoms with E-state index in [0.717, 1.165) is 24.8 Å². The summed E-state index contributed by atoms with van der Waals surface area (Å²) >= 11 is 5.83. The average molecular weight is 377 g/mol. The SMILES string of the molecule is CC/C(=C(\c1ccc(O)cc1)c1ccc(CCCCl)cc1)c1ccccc1. The van der Waals surface area contributed by atoms with E-state index in [0.29, 0.717) is 5.88 Å². The van der Waals surface area contributed by atoms with Crippen molar-refractivity contribution in [3.8, 4) is 5.75 Å². The van der Waals surface area contributed by atoms with Crippen LogP contribution in [0, 0.1) is 0 Å². The van der Waals surface area contributed by atoms with E-state index in [2.05, 4.69) is 55.5 Å². The Morgan fingerprint density at radius 3 is 1.93 bits per heavy atom. The number of halogens is 1. The van der Waals surface area contributed by atoms with E-state index in [1.807, 2.05) is 18.2 Å². The lowest BCUT2D eigenvalue weighted by molar-refractivity contribution is 0.475. The molecule has 0 unspecified atom stereocenters. The number of aryl methyl sites for hydroxylation is 1. The fraction of sp³-hybridized carbons (Fsp3) is 0.200. The van der Waals surface area contributed by atoms with Crippen molar-refractivity contribution in [3.63, 3.8) is 0 Å². The Hall–Kier alpha value is -2.51. The topological polar surface area (TPSA) is 20.2 Å². The van der Waals surface area contributed by atoms with Crippen molar-refractivity contribution in [2.24, 2.45) is 0 Å². The molecule has 2 heteroatoms. The summed E-state index contributed by atoms with van der Waals surface area (Å²) in [5, 5.41) is 9.71. The van der Waals surface area contributed by atoms with Crippen molar-refractivity contribution in [1.82, 2.24) is 0 Å². The third kappa shape index (κ3) is 4.81. The van der Waals surface area contributed by atoms with Crippen LogP contribution >= 0.6 is 11.6 Å². The highest BCUT2D eigenvalue weighted by molar-refractivity contribution is 6.17. The Labute approximate surface area is 167 Å². The van der Waals surface area contributed by atoms with Crippen LogP contribution in [0.15, 0.2) is 78.9 Å². The normalized spacial score (nSPS) is 11.9. The largest absolute Gasteiger partial charge is 0.508 e. The van der Waals surface area contributed by atoms with Gasteiger partial charge in [-0.1, -0.05) is 73.7 Å². The first-order valence-electron chi connectivity index (χ1n) is 9.46. The smallest absolute Gasteiger partial charge is 0.115 e. The van der Waals surface area contributed by atoms with E-state index in [4.69, 9.17) is 11.6 Å². The van der Waals surface area contributed by atoms with Gasteiger partial charge < -0.3 is 5.11 Å². The number of phenolic OH excluding ortho intramolecular Hbond substituents is 1. The highest BCUT2D eigenvalue weighted by Gasteiger charge is 2.13. The Morgan fingerprint density at radius 1 is 0.778 bits per heavy atom. The molecule has 1 nitrogen and oxygen atoms in total. The highest BCUT2D eigenvalue weighted by Crippen LogP contribution is 2.35. The van der Waals surface area contributed by atoms with Crippen molar-refractivity contribution in [2.75, 3.05) is 5.88 Å². The van der Waals surface area contributed by atoms with Gasteiger partial charge in [-0.3, -0.25) is 0 Å². The van der Waals surface area contributed by atoms with E-state index in [1.54, 1.807) is 12.1 Å². The molecule has 0 radical (unpaired) electrons. The molecule has 0 bridgehead atoms. The van der Waals surface area contributed by atoms with Crippen molar-refractivity contribution >= 4 is 22.7 Å². The number of allylic oxidation sites excluding steroid dienone is 1. The van der Waals surface area contributed by atoms with Gasteiger partial charge >= 0.3 is 0 Å². The van der Waals surface area contributed by atoms with Crippen LogP contribution in [0.3, 0.4) is 0 Å². The molecule has 27 heavy (non-hydrogen) atoms. The fourth-order valence-electron chi connectivity index (χ4n) is 3.42. The van der Waals surface area contributed by atoms with Crippen LogP contribution in [0.4, 0.5) is 0 Å². The van der Waals surface area contributed by atoms with E-state index in [1.165, 1.54) is 27.8 Å². The molecule has 0 aliphatic carbocycles. The molecule has 0 aliphatic rings. The Bertz CT molecular complexity index is 878. The lowest BCUT2D eigenvalue weighted by atomic mass is 9.88. The summed E-state index contributed by atoms with van der Waals surface area (Å²) < 4.78 is 0. The fourth-order valence-corrected chi connectivity index (χ4v) is 3.55. The first kappa shape index (κ1) is 19.3. The molecule has 3 aromatic carbocycles. The number of alkyl halides is 1. The van der Waals surface area contributed by atoms with Crippen molar-refractivity contribution in [2.45, 2.75) is 26.2 Å². The van der Waals surface area contributed by atoms with Gasteiger partial charge in [0.15, 0.2) is 0 Å². The molecule has 0 spiro atoms. The van der Waals surface area contributed by atoms with E-state index >= 15 is 0 Å². The third-order valence-electron chi connectivity index (χ3n) is 4.78. The summed E-state index contributed by atoms with van der Waals surface area (Å²) in [6.45, 7) is 2.19. The maximum Gasteiger partial charge on any atom is 0.115 e. The van der Waals surface area contributed by atoms with Gasteiger partial charge in [0, 0.05) is 5.88 Å². The summed E-state index contributed by atoms with van der Waals surface area (Å²) in [7, 11) is 0. The molecule has 3 rings (SSSR count). The summed E-state index contributed by atoms with van der Waals surface area (Å²) in [6.07, 6.45) is 2.92. The van der Waals surface area contributed by atoms with Gasteiger partial charge in [0.05, 0.1) is 0 Å². The molecule has 0 atom stereocenters. The minimum absolute atomic E-state index is 0.285. The molecule has 0 saturated carbocycles. The summed E-state index contributed by atoms with van der Waals surface area (Å²) in [5.41, 5.74) is 7.36. The summed E-state index contributed by atoms with van der Waals surface area (Å²) in [6, 6.07) is 26.8. The van der Waals surface area contributed by atoms with Crippen molar-refractivity contribution in [3.05, 3.63) is 101 Å². The number of aromatic hydroxyl groups is 1. The van der Waals surface area contributed by atoms with Crippen LogP contribution in [0.2, 0.25) is 0 Å². The van der Waals surface area contributed by atoms with Gasteiger partial charge in [-0.15, -0.1) is 11.6 Å². The zero-order valence-corrected chi connectivity index (χ0v) is 16.4. The Kier molecular flexibility index (Phi) is 6.73. The van der Waals surface area contributed by atoms with Gasteiger partial charge in [0.1, 0.15) is 5.75 Å². The van der Waals surface area contributed by atoms with Gasteiger partial charge in [-0.2, -0.15) is 0 Å². The minimum Gasteiger partial charge on any atom is -0.508 e. The molecule has 1 N–H and O–H groups in total. The molecule has 0 heterocycles. The Morgan fingerprint density at radius 2 is 1.37 bits per heavy atom. The van der Waals surface area contributed by atoms with Crippen molar-refractivity contribution < 1.29 is 5.11 Å². The van der Waals surface area contributed by atoms with Crippen LogP contribution in [0.5, 0.6) is 5.75 Å². The predicted octanol–water partition coefficient (Wildman–Crippen LogP) is 6.93. The zero-order chi connectivity index (χ0) is 19.1. The van der Waals surface area contributed by atoms with Gasteiger partial charge in [-0.25, -0.2) is 0 Å². The van der Waals surface area contributed by atoms with Gasteiger partial charge in [0.25, 0.3) is 0 Å². The maximum atomic E-state index is 9.71. The van der Waals surface area contributed by atoms with Gasteiger partial charge in [0.2, 0.25) is 0 Å². The van der Waals surface area contributed by atoms with Crippen molar-refractivity contribution in [1.29, 1.82) is 0 Å². The number of benzene rings is 3. The lowest BCUT2D eigenvalue weighted by Crippen LogP contribution is -1.96.